The van der Waals surface area contributed by atoms with Crippen molar-refractivity contribution in [2.45, 2.75) is 26.7 Å². The number of esters is 2. The first-order valence-corrected chi connectivity index (χ1v) is 11.1. The van der Waals surface area contributed by atoms with Crippen molar-refractivity contribution in [1.82, 2.24) is 0 Å². The number of rotatable bonds is 8. The van der Waals surface area contributed by atoms with E-state index in [4.69, 9.17) is 13.9 Å². The zero-order valence-electron chi connectivity index (χ0n) is 19.4. The van der Waals surface area contributed by atoms with Gasteiger partial charge in [-0.2, -0.15) is 0 Å². The van der Waals surface area contributed by atoms with Crippen LogP contribution >= 0.6 is 0 Å². The van der Waals surface area contributed by atoms with E-state index in [1.807, 2.05) is 13.0 Å². The molecule has 0 N–H and O–H groups in total. The SMILES string of the molecule is C=CC(=O)OCCCc1ccc(-c2ccc3c(oc4c(C)c(OC(=O)C=C)ccc43)c2C)cc1. The van der Waals surface area contributed by atoms with Crippen LogP contribution in [0.3, 0.4) is 0 Å². The lowest BCUT2D eigenvalue weighted by Gasteiger charge is -2.08. The molecule has 4 rings (SSSR count). The molecule has 0 unspecified atom stereocenters. The molecule has 34 heavy (non-hydrogen) atoms. The Labute approximate surface area is 198 Å². The summed E-state index contributed by atoms with van der Waals surface area (Å²) >= 11 is 0. The Morgan fingerprint density at radius 3 is 2.18 bits per heavy atom. The van der Waals surface area contributed by atoms with Crippen LogP contribution in [0.1, 0.15) is 23.1 Å². The smallest absolute Gasteiger partial charge is 0.335 e. The Kier molecular flexibility index (Phi) is 6.64. The Morgan fingerprint density at radius 2 is 1.50 bits per heavy atom. The van der Waals surface area contributed by atoms with Gasteiger partial charge in [0.1, 0.15) is 16.9 Å². The molecule has 1 aromatic heterocycles. The fourth-order valence-corrected chi connectivity index (χ4v) is 4.09. The van der Waals surface area contributed by atoms with E-state index in [0.29, 0.717) is 17.9 Å². The molecule has 0 aliphatic rings. The van der Waals surface area contributed by atoms with Crippen LogP contribution in [0.25, 0.3) is 33.1 Å². The van der Waals surface area contributed by atoms with Crippen LogP contribution < -0.4 is 4.74 Å². The molecule has 0 saturated heterocycles. The third-order valence-electron chi connectivity index (χ3n) is 5.92. The molecule has 4 aromatic rings. The van der Waals surface area contributed by atoms with Crippen molar-refractivity contribution in [2.75, 3.05) is 6.61 Å². The second kappa shape index (κ2) is 9.79. The van der Waals surface area contributed by atoms with E-state index in [-0.39, 0.29) is 0 Å². The fourth-order valence-electron chi connectivity index (χ4n) is 4.09. The molecule has 172 valence electrons. The summed E-state index contributed by atoms with van der Waals surface area (Å²) in [6, 6.07) is 16.3. The number of furan rings is 1. The Bertz CT molecular complexity index is 1410. The predicted molar refractivity (Wildman–Crippen MR) is 134 cm³/mol. The minimum atomic E-state index is -0.502. The standard InChI is InChI=1S/C29H26O5/c1-5-26(30)32-17-7-8-20-9-11-21(12-10-20)22-13-14-23-24-15-16-25(33-27(31)6-2)19(4)29(24)34-28(23)18(22)3/h5-6,9-16H,1-2,7-8,17H2,3-4H3. The number of benzene rings is 3. The van der Waals surface area contributed by atoms with E-state index in [1.54, 1.807) is 6.07 Å². The molecule has 0 amide bonds. The largest absolute Gasteiger partial charge is 0.463 e. The molecule has 5 nitrogen and oxygen atoms in total. The van der Waals surface area contributed by atoms with E-state index in [2.05, 4.69) is 56.5 Å². The minimum absolute atomic E-state index is 0.377. The Morgan fingerprint density at radius 1 is 0.853 bits per heavy atom. The molecule has 0 radical (unpaired) electrons. The van der Waals surface area contributed by atoms with E-state index in [9.17, 15) is 9.59 Å². The predicted octanol–water partition coefficient (Wildman–Crippen LogP) is 6.62. The highest BCUT2D eigenvalue weighted by molar-refractivity contribution is 6.08. The zero-order valence-corrected chi connectivity index (χ0v) is 19.4. The number of fused-ring (bicyclic) bond motifs is 3. The number of hydrogen-bond donors (Lipinski definition) is 0. The minimum Gasteiger partial charge on any atom is -0.463 e. The van der Waals surface area contributed by atoms with Crippen molar-refractivity contribution in [3.63, 3.8) is 0 Å². The number of aryl methyl sites for hydroxylation is 3. The van der Waals surface area contributed by atoms with Crippen molar-refractivity contribution in [1.29, 1.82) is 0 Å². The van der Waals surface area contributed by atoms with Gasteiger partial charge in [-0.05, 0) is 61.6 Å². The molecular weight excluding hydrogens is 428 g/mol. The first-order chi connectivity index (χ1) is 16.4. The van der Waals surface area contributed by atoms with Gasteiger partial charge >= 0.3 is 11.9 Å². The highest BCUT2D eigenvalue weighted by atomic mass is 16.5. The summed E-state index contributed by atoms with van der Waals surface area (Å²) in [4.78, 5) is 22.8. The summed E-state index contributed by atoms with van der Waals surface area (Å²) < 4.78 is 16.7. The van der Waals surface area contributed by atoms with Crippen LogP contribution in [-0.4, -0.2) is 18.5 Å². The number of ether oxygens (including phenoxy) is 2. The summed E-state index contributed by atoms with van der Waals surface area (Å²) in [6.45, 7) is 11.1. The van der Waals surface area contributed by atoms with Crippen LogP contribution in [0.15, 0.2) is 78.3 Å². The highest BCUT2D eigenvalue weighted by Crippen LogP contribution is 2.39. The molecule has 1 heterocycles. The van der Waals surface area contributed by atoms with Crippen LogP contribution in [0.2, 0.25) is 0 Å². The third-order valence-corrected chi connectivity index (χ3v) is 5.92. The maximum atomic E-state index is 11.6. The van der Waals surface area contributed by atoms with Gasteiger partial charge in [0.15, 0.2) is 0 Å². The van der Waals surface area contributed by atoms with Gasteiger partial charge in [0, 0.05) is 34.1 Å². The topological polar surface area (TPSA) is 65.7 Å². The van der Waals surface area contributed by atoms with E-state index in [1.165, 1.54) is 11.6 Å². The summed E-state index contributed by atoms with van der Waals surface area (Å²) in [7, 11) is 0. The number of carbonyl (C=O) groups is 2. The van der Waals surface area contributed by atoms with Crippen molar-refractivity contribution < 1.29 is 23.5 Å². The van der Waals surface area contributed by atoms with E-state index < -0.39 is 11.9 Å². The van der Waals surface area contributed by atoms with Gasteiger partial charge in [0.25, 0.3) is 0 Å². The third kappa shape index (κ3) is 4.50. The molecule has 0 fully saturated rings. The van der Waals surface area contributed by atoms with Crippen molar-refractivity contribution in [3.8, 4) is 16.9 Å². The summed E-state index contributed by atoms with van der Waals surface area (Å²) in [6.07, 6.45) is 3.89. The zero-order chi connectivity index (χ0) is 24.2. The van der Waals surface area contributed by atoms with Gasteiger partial charge in [-0.25, -0.2) is 9.59 Å². The van der Waals surface area contributed by atoms with Crippen LogP contribution in [0.5, 0.6) is 5.75 Å². The molecule has 0 spiro atoms. The Hall–Kier alpha value is -4.12. The summed E-state index contributed by atoms with van der Waals surface area (Å²) in [5.41, 5.74) is 6.70. The average molecular weight is 455 g/mol. The lowest BCUT2D eigenvalue weighted by atomic mass is 9.96. The molecule has 0 atom stereocenters. The molecule has 0 aliphatic heterocycles. The Balaban J connectivity index is 1.60. The quantitative estimate of drug-likeness (QED) is 0.129. The van der Waals surface area contributed by atoms with Crippen LogP contribution in [0, 0.1) is 13.8 Å². The van der Waals surface area contributed by atoms with E-state index in [0.717, 1.165) is 57.5 Å². The normalized spacial score (nSPS) is 10.9. The van der Waals surface area contributed by atoms with Crippen molar-refractivity contribution in [2.24, 2.45) is 0 Å². The van der Waals surface area contributed by atoms with Crippen LogP contribution in [0.4, 0.5) is 0 Å². The molecule has 0 bridgehead atoms. The van der Waals surface area contributed by atoms with Gasteiger partial charge in [0.2, 0.25) is 0 Å². The summed E-state index contributed by atoms with van der Waals surface area (Å²) in [5.74, 6) is -0.432. The number of hydrogen-bond acceptors (Lipinski definition) is 5. The second-order valence-electron chi connectivity index (χ2n) is 8.08. The van der Waals surface area contributed by atoms with Gasteiger partial charge in [0.05, 0.1) is 6.61 Å². The molecule has 3 aromatic carbocycles. The maximum Gasteiger partial charge on any atom is 0.335 e. The molecule has 0 saturated carbocycles. The van der Waals surface area contributed by atoms with E-state index >= 15 is 0 Å². The first-order valence-electron chi connectivity index (χ1n) is 11.1. The molecular formula is C29H26O5. The van der Waals surface area contributed by atoms with Crippen LogP contribution in [-0.2, 0) is 20.7 Å². The van der Waals surface area contributed by atoms with Gasteiger partial charge in [-0.1, -0.05) is 43.5 Å². The lowest BCUT2D eigenvalue weighted by molar-refractivity contribution is -0.137. The molecule has 0 aliphatic carbocycles. The summed E-state index contributed by atoms with van der Waals surface area (Å²) in [5, 5.41) is 2.00. The fraction of sp³-hybridized carbons (Fsp3) is 0.172. The monoisotopic (exact) mass is 454 g/mol. The van der Waals surface area contributed by atoms with Crippen molar-refractivity contribution >= 4 is 33.9 Å². The second-order valence-corrected chi connectivity index (χ2v) is 8.08. The van der Waals surface area contributed by atoms with Gasteiger partial charge in [-0.15, -0.1) is 0 Å². The molecule has 5 heteroatoms. The average Bonchev–Trinajstić information content (AvgIpc) is 3.24. The maximum absolute atomic E-state index is 11.6. The van der Waals surface area contributed by atoms with Gasteiger partial charge < -0.3 is 13.9 Å². The lowest BCUT2D eigenvalue weighted by Crippen LogP contribution is -2.04. The first kappa shape index (κ1) is 23.1. The number of carbonyl (C=O) groups excluding carboxylic acids is 2. The van der Waals surface area contributed by atoms with Crippen molar-refractivity contribution in [3.05, 3.63) is 90.5 Å². The van der Waals surface area contributed by atoms with Gasteiger partial charge in [-0.3, -0.25) is 0 Å². The highest BCUT2D eigenvalue weighted by Gasteiger charge is 2.17.